The maximum atomic E-state index is 12.6. The third-order valence-corrected chi connectivity index (χ3v) is 9.47. The van der Waals surface area contributed by atoms with E-state index >= 15 is 0 Å². The summed E-state index contributed by atoms with van der Waals surface area (Å²) in [7, 11) is 0. The molecule has 0 aliphatic carbocycles. The van der Waals surface area contributed by atoms with Crippen LogP contribution >= 0.6 is 0 Å². The molecule has 0 rings (SSSR count). The molecule has 0 aromatic carbocycles. The van der Waals surface area contributed by atoms with Crippen LogP contribution in [0.15, 0.2) is 36.5 Å². The zero-order chi connectivity index (χ0) is 35.2. The number of amides is 2. The summed E-state index contributed by atoms with van der Waals surface area (Å²) >= 11 is 0. The van der Waals surface area contributed by atoms with Crippen molar-refractivity contribution in [2.24, 2.45) is 5.92 Å². The highest BCUT2D eigenvalue weighted by Crippen LogP contribution is 2.14. The van der Waals surface area contributed by atoms with E-state index < -0.39 is 0 Å². The van der Waals surface area contributed by atoms with Gasteiger partial charge in [0.05, 0.1) is 0 Å². The third-order valence-electron chi connectivity index (χ3n) is 9.47. The van der Waals surface area contributed by atoms with Gasteiger partial charge in [-0.2, -0.15) is 0 Å². The SMILES string of the molecule is CCCCC/C=C\C/C=C\C/C=C\CCCCC(=O)N[C@@H](CCCCNC(=O)CCCCCCCCCCCCCCCCC)C(C)C. The smallest absolute Gasteiger partial charge is 0.220 e. The summed E-state index contributed by atoms with van der Waals surface area (Å²) in [6.07, 6.45) is 48.2. The van der Waals surface area contributed by atoms with Gasteiger partial charge in [-0.05, 0) is 76.5 Å². The van der Waals surface area contributed by atoms with Gasteiger partial charge in [0.1, 0.15) is 0 Å². The number of carbonyl (C=O) groups excluding carboxylic acids is 2. The first-order chi connectivity index (χ1) is 23.5. The Morgan fingerprint density at radius 3 is 1.42 bits per heavy atom. The molecule has 0 aliphatic heterocycles. The number of allylic oxidation sites excluding steroid dienone is 6. The van der Waals surface area contributed by atoms with Crippen LogP contribution in [0.3, 0.4) is 0 Å². The van der Waals surface area contributed by atoms with E-state index in [9.17, 15) is 9.59 Å². The molecule has 4 heteroatoms. The van der Waals surface area contributed by atoms with E-state index in [0.29, 0.717) is 18.8 Å². The summed E-state index contributed by atoms with van der Waals surface area (Å²) in [5.41, 5.74) is 0. The number of nitrogens with one attached hydrogen (secondary N) is 2. The molecule has 0 saturated heterocycles. The van der Waals surface area contributed by atoms with Gasteiger partial charge in [-0.25, -0.2) is 0 Å². The minimum absolute atomic E-state index is 0.181. The van der Waals surface area contributed by atoms with Crippen LogP contribution < -0.4 is 10.6 Å². The third kappa shape index (κ3) is 35.5. The summed E-state index contributed by atoms with van der Waals surface area (Å²) in [5.74, 6) is 0.798. The van der Waals surface area contributed by atoms with Crippen molar-refractivity contribution in [1.82, 2.24) is 10.6 Å². The van der Waals surface area contributed by atoms with Crippen molar-refractivity contribution < 1.29 is 9.59 Å². The van der Waals surface area contributed by atoms with Gasteiger partial charge >= 0.3 is 0 Å². The van der Waals surface area contributed by atoms with Crippen LogP contribution in [0.2, 0.25) is 0 Å². The summed E-state index contributed by atoms with van der Waals surface area (Å²) in [6.45, 7) is 9.65. The Balaban J connectivity index is 3.68. The van der Waals surface area contributed by atoms with Gasteiger partial charge in [-0.15, -0.1) is 0 Å². The predicted molar refractivity (Wildman–Crippen MR) is 212 cm³/mol. The molecule has 48 heavy (non-hydrogen) atoms. The number of unbranched alkanes of at least 4 members (excludes halogenated alkanes) is 20. The molecule has 0 heterocycles. The molecule has 2 amide bonds. The molecule has 0 aromatic heterocycles. The van der Waals surface area contributed by atoms with Crippen molar-refractivity contribution in [3.8, 4) is 0 Å². The molecule has 0 spiro atoms. The van der Waals surface area contributed by atoms with Crippen LogP contribution in [-0.4, -0.2) is 24.4 Å². The van der Waals surface area contributed by atoms with E-state index in [4.69, 9.17) is 0 Å². The van der Waals surface area contributed by atoms with Crippen molar-refractivity contribution >= 4 is 11.8 Å². The fraction of sp³-hybridized carbons (Fsp3) is 0.818. The number of rotatable bonds is 36. The van der Waals surface area contributed by atoms with E-state index in [2.05, 4.69) is 74.8 Å². The van der Waals surface area contributed by atoms with Crippen molar-refractivity contribution in [3.05, 3.63) is 36.5 Å². The average molecular weight is 671 g/mol. The van der Waals surface area contributed by atoms with Crippen LogP contribution in [0.25, 0.3) is 0 Å². The monoisotopic (exact) mass is 671 g/mol. The zero-order valence-electron chi connectivity index (χ0n) is 32.6. The Kier molecular flexibility index (Phi) is 36.5. The van der Waals surface area contributed by atoms with Crippen LogP contribution in [0.1, 0.15) is 214 Å². The van der Waals surface area contributed by atoms with Crippen LogP contribution in [-0.2, 0) is 9.59 Å². The maximum absolute atomic E-state index is 12.6. The summed E-state index contributed by atoms with van der Waals surface area (Å²) in [6, 6.07) is 0.214. The minimum atomic E-state index is 0.181. The highest BCUT2D eigenvalue weighted by Gasteiger charge is 2.15. The van der Waals surface area contributed by atoms with Crippen LogP contribution in [0.4, 0.5) is 0 Å². The number of hydrogen-bond donors (Lipinski definition) is 2. The molecule has 0 aromatic rings. The Morgan fingerprint density at radius 2 is 0.896 bits per heavy atom. The number of hydrogen-bond acceptors (Lipinski definition) is 2. The zero-order valence-corrected chi connectivity index (χ0v) is 32.6. The second kappa shape index (κ2) is 38.0. The molecule has 0 saturated carbocycles. The molecule has 0 fully saturated rings. The highest BCUT2D eigenvalue weighted by atomic mass is 16.2. The average Bonchev–Trinajstić information content (AvgIpc) is 3.07. The van der Waals surface area contributed by atoms with Crippen molar-refractivity contribution in [1.29, 1.82) is 0 Å². The van der Waals surface area contributed by atoms with E-state index in [1.807, 2.05) is 0 Å². The maximum Gasteiger partial charge on any atom is 0.220 e. The Morgan fingerprint density at radius 1 is 0.479 bits per heavy atom. The van der Waals surface area contributed by atoms with Crippen molar-refractivity contribution in [2.75, 3.05) is 6.54 Å². The van der Waals surface area contributed by atoms with E-state index in [0.717, 1.165) is 64.3 Å². The Hall–Kier alpha value is -1.84. The lowest BCUT2D eigenvalue weighted by Gasteiger charge is -2.22. The molecular formula is C44H82N2O2. The first-order valence-corrected chi connectivity index (χ1v) is 21.0. The van der Waals surface area contributed by atoms with Crippen molar-refractivity contribution in [3.63, 3.8) is 0 Å². The second-order valence-corrected chi connectivity index (χ2v) is 14.6. The van der Waals surface area contributed by atoms with E-state index in [-0.39, 0.29) is 17.9 Å². The highest BCUT2D eigenvalue weighted by molar-refractivity contribution is 5.76. The van der Waals surface area contributed by atoms with Gasteiger partial charge in [0.25, 0.3) is 0 Å². The lowest BCUT2D eigenvalue weighted by atomic mass is 9.98. The van der Waals surface area contributed by atoms with Crippen LogP contribution in [0.5, 0.6) is 0 Å². The van der Waals surface area contributed by atoms with Crippen LogP contribution in [0, 0.1) is 5.92 Å². The molecule has 0 bridgehead atoms. The Labute approximate surface area is 300 Å². The molecule has 4 nitrogen and oxygen atoms in total. The second-order valence-electron chi connectivity index (χ2n) is 14.6. The number of carbonyl (C=O) groups is 2. The van der Waals surface area contributed by atoms with E-state index in [1.165, 1.54) is 116 Å². The van der Waals surface area contributed by atoms with Gasteiger partial charge < -0.3 is 10.6 Å². The Bertz CT molecular complexity index is 785. The van der Waals surface area contributed by atoms with Gasteiger partial charge in [0, 0.05) is 25.4 Å². The molecular weight excluding hydrogens is 588 g/mol. The normalized spacial score (nSPS) is 12.6. The lowest BCUT2D eigenvalue weighted by Crippen LogP contribution is -2.38. The molecule has 0 radical (unpaired) electrons. The predicted octanol–water partition coefficient (Wildman–Crippen LogP) is 13.3. The fourth-order valence-electron chi connectivity index (χ4n) is 6.15. The molecule has 0 unspecified atom stereocenters. The first-order valence-electron chi connectivity index (χ1n) is 21.0. The topological polar surface area (TPSA) is 58.2 Å². The molecule has 2 N–H and O–H groups in total. The standard InChI is InChI=1S/C44H82N2O2/c1-5-7-9-11-13-15-17-19-21-23-25-27-29-31-33-38-43(47)45-40-36-35-37-42(41(3)4)46-44(48)39-34-32-30-28-26-24-22-20-18-16-14-12-10-8-6-2/h14,16,20,22,26,28,41-42H,5-13,15,17-19,21,23-25,27,29-40H2,1-4H3,(H,45,47)(H,46,48)/b16-14-,22-20-,28-26-/t42-/m0/s1. The molecule has 1 atom stereocenters. The summed E-state index contributed by atoms with van der Waals surface area (Å²) < 4.78 is 0. The summed E-state index contributed by atoms with van der Waals surface area (Å²) in [4.78, 5) is 24.8. The van der Waals surface area contributed by atoms with Gasteiger partial charge in [0.2, 0.25) is 11.8 Å². The quantitative estimate of drug-likeness (QED) is 0.0515. The van der Waals surface area contributed by atoms with Gasteiger partial charge in [-0.1, -0.05) is 167 Å². The van der Waals surface area contributed by atoms with Gasteiger partial charge in [0.15, 0.2) is 0 Å². The van der Waals surface area contributed by atoms with Gasteiger partial charge in [-0.3, -0.25) is 9.59 Å². The largest absolute Gasteiger partial charge is 0.356 e. The lowest BCUT2D eigenvalue weighted by molar-refractivity contribution is -0.122. The van der Waals surface area contributed by atoms with E-state index in [1.54, 1.807) is 0 Å². The molecule has 0 aliphatic rings. The van der Waals surface area contributed by atoms with Crippen molar-refractivity contribution in [2.45, 2.75) is 220 Å². The minimum Gasteiger partial charge on any atom is -0.356 e. The molecule has 280 valence electrons. The first kappa shape index (κ1) is 46.2. The fourth-order valence-corrected chi connectivity index (χ4v) is 6.15. The summed E-state index contributed by atoms with van der Waals surface area (Å²) in [5, 5.41) is 6.39.